The fraction of sp³-hybridized carbons (Fsp3) is 0.182. The Morgan fingerprint density at radius 3 is 1.61 bits per heavy atom. The van der Waals surface area contributed by atoms with Crippen LogP contribution in [0.5, 0.6) is 5.75 Å². The van der Waals surface area contributed by atoms with Crippen molar-refractivity contribution in [1.82, 2.24) is 0 Å². The summed E-state index contributed by atoms with van der Waals surface area (Å²) in [7, 11) is 0. The second-order valence-electron chi connectivity index (χ2n) is 14.3. The molecule has 1 saturated carbocycles. The molecule has 0 bridgehead atoms. The number of benzene rings is 5. The largest absolute Gasteiger partial charge is 0.508 e. The SMILES string of the molecule is O=C1C2CC=C3C(CC4C(=O)N(c5ccc(Nc6ccccc6)cc5)C(=O)C4C3c3cc(Br)ccc3O)C2C(=O)N1c1ccc(Nc2ccccc2)cc1. The van der Waals surface area contributed by atoms with Crippen LogP contribution in [0.1, 0.15) is 24.3 Å². The van der Waals surface area contributed by atoms with E-state index in [0.29, 0.717) is 27.8 Å². The van der Waals surface area contributed by atoms with Crippen LogP contribution in [0.4, 0.5) is 34.1 Å². The third-order valence-electron chi connectivity index (χ3n) is 11.3. The van der Waals surface area contributed by atoms with E-state index in [2.05, 4.69) is 26.6 Å². The van der Waals surface area contributed by atoms with Crippen LogP contribution in [0, 0.1) is 29.6 Å². The molecular weight excluding hydrogens is 744 g/mol. The minimum Gasteiger partial charge on any atom is -0.508 e. The van der Waals surface area contributed by atoms with E-state index >= 15 is 0 Å². The highest BCUT2D eigenvalue weighted by Gasteiger charge is 2.62. The van der Waals surface area contributed by atoms with E-state index in [-0.39, 0.29) is 35.8 Å². The Hall–Kier alpha value is -6.00. The number of imide groups is 2. The van der Waals surface area contributed by atoms with Crippen molar-refractivity contribution in [1.29, 1.82) is 0 Å². The number of para-hydroxylation sites is 2. The molecule has 3 N–H and O–H groups in total. The Morgan fingerprint density at radius 1 is 0.556 bits per heavy atom. The lowest BCUT2D eigenvalue weighted by atomic mass is 9.57. The monoisotopic (exact) mass is 778 g/mol. The van der Waals surface area contributed by atoms with Crippen LogP contribution in [0.25, 0.3) is 0 Å². The fourth-order valence-corrected chi connectivity index (χ4v) is 9.36. The van der Waals surface area contributed by atoms with Crippen LogP contribution in [0.3, 0.4) is 0 Å². The van der Waals surface area contributed by atoms with Crippen LogP contribution in [0.2, 0.25) is 0 Å². The highest BCUT2D eigenvalue weighted by molar-refractivity contribution is 9.10. The van der Waals surface area contributed by atoms with Gasteiger partial charge in [0.2, 0.25) is 23.6 Å². The van der Waals surface area contributed by atoms with Crippen molar-refractivity contribution >= 4 is 73.7 Å². The molecule has 4 amide bonds. The second kappa shape index (κ2) is 13.4. The van der Waals surface area contributed by atoms with E-state index < -0.39 is 35.5 Å². The molecule has 0 radical (unpaired) electrons. The average Bonchev–Trinajstić information content (AvgIpc) is 3.60. The molecule has 2 heterocycles. The number of halogens is 1. The number of allylic oxidation sites excluding steroid dienone is 2. The number of anilines is 6. The molecule has 2 saturated heterocycles. The lowest BCUT2D eigenvalue weighted by Crippen LogP contribution is -2.43. The molecule has 6 unspecified atom stereocenters. The zero-order chi connectivity index (χ0) is 37.1. The Kier molecular flexibility index (Phi) is 8.42. The molecule has 268 valence electrons. The van der Waals surface area contributed by atoms with Crippen molar-refractivity contribution < 1.29 is 24.3 Å². The van der Waals surface area contributed by atoms with Crippen molar-refractivity contribution in [2.45, 2.75) is 18.8 Å². The molecule has 54 heavy (non-hydrogen) atoms. The fourth-order valence-electron chi connectivity index (χ4n) is 8.98. The van der Waals surface area contributed by atoms with Crippen LogP contribution in [-0.2, 0) is 19.2 Å². The standard InChI is InChI=1S/C44H35BrN4O5/c45-25-11-22-37(50)35(23-25)38-32-20-21-33-39(43(53)48(41(33)51)30-16-12-28(13-17-30)46-26-7-3-1-4-8-26)34(32)24-36-40(38)44(54)49(42(36)52)31-18-14-29(15-19-31)47-27-9-5-2-6-10-27/h1-20,22-23,33-34,36,38-40,46-47,50H,21,24H2. The zero-order valence-electron chi connectivity index (χ0n) is 28.9. The predicted molar refractivity (Wildman–Crippen MR) is 211 cm³/mol. The molecule has 9 rings (SSSR count). The summed E-state index contributed by atoms with van der Waals surface area (Å²) in [5.74, 6) is -5.30. The van der Waals surface area contributed by atoms with Gasteiger partial charge in [0.05, 0.1) is 35.0 Å². The first kappa shape index (κ1) is 33.8. The number of hydrogen-bond acceptors (Lipinski definition) is 7. The molecular formula is C44H35BrN4O5. The van der Waals surface area contributed by atoms with Crippen molar-refractivity contribution in [3.8, 4) is 5.75 Å². The lowest BCUT2D eigenvalue weighted by molar-refractivity contribution is -0.126. The quantitative estimate of drug-likeness (QED) is 0.112. The van der Waals surface area contributed by atoms with E-state index in [4.69, 9.17) is 0 Å². The maximum absolute atomic E-state index is 14.5. The first-order chi connectivity index (χ1) is 26.3. The summed E-state index contributed by atoms with van der Waals surface area (Å²) >= 11 is 3.54. The Balaban J connectivity index is 1.04. The van der Waals surface area contributed by atoms with E-state index in [1.807, 2.05) is 91.0 Å². The number of carbonyl (C=O) groups excluding carboxylic acids is 4. The van der Waals surface area contributed by atoms with Crippen molar-refractivity contribution in [2.24, 2.45) is 29.6 Å². The van der Waals surface area contributed by atoms with Gasteiger partial charge in [-0.3, -0.25) is 29.0 Å². The molecule has 0 spiro atoms. The normalized spacial score (nSPS) is 24.5. The van der Waals surface area contributed by atoms with E-state index in [1.54, 1.807) is 42.5 Å². The first-order valence-corrected chi connectivity index (χ1v) is 18.8. The molecule has 2 aliphatic carbocycles. The molecule has 5 aromatic carbocycles. The van der Waals surface area contributed by atoms with Crippen molar-refractivity contribution in [3.63, 3.8) is 0 Å². The van der Waals surface area contributed by atoms with Gasteiger partial charge in [-0.15, -0.1) is 0 Å². The summed E-state index contributed by atoms with van der Waals surface area (Å²) in [6, 6.07) is 38.9. The number of hydrogen-bond donors (Lipinski definition) is 3. The van der Waals surface area contributed by atoms with E-state index in [0.717, 1.165) is 28.3 Å². The minimum absolute atomic E-state index is 0.000292. The van der Waals surface area contributed by atoms with Gasteiger partial charge in [0.25, 0.3) is 0 Å². The summed E-state index contributed by atoms with van der Waals surface area (Å²) in [5.41, 5.74) is 5.71. The van der Waals surface area contributed by atoms with Gasteiger partial charge < -0.3 is 15.7 Å². The van der Waals surface area contributed by atoms with Gasteiger partial charge in [-0.25, -0.2) is 0 Å². The Bertz CT molecular complexity index is 2330. The van der Waals surface area contributed by atoms with Gasteiger partial charge in [-0.2, -0.15) is 0 Å². The lowest BCUT2D eigenvalue weighted by Gasteiger charge is -2.44. The summed E-state index contributed by atoms with van der Waals surface area (Å²) in [6.07, 6.45) is 2.54. The van der Waals surface area contributed by atoms with E-state index in [9.17, 15) is 24.3 Å². The number of amides is 4. The minimum atomic E-state index is -0.799. The number of nitrogens with zero attached hydrogens (tertiary/aromatic N) is 2. The zero-order valence-corrected chi connectivity index (χ0v) is 30.5. The van der Waals surface area contributed by atoms with E-state index in [1.165, 1.54) is 9.80 Å². The third kappa shape index (κ3) is 5.69. The number of aromatic hydroxyl groups is 1. The van der Waals surface area contributed by atoms with Gasteiger partial charge in [0.1, 0.15) is 5.75 Å². The second-order valence-corrected chi connectivity index (χ2v) is 15.2. The Labute approximate surface area is 320 Å². The topological polar surface area (TPSA) is 119 Å². The maximum atomic E-state index is 14.5. The summed E-state index contributed by atoms with van der Waals surface area (Å²) in [6.45, 7) is 0. The van der Waals surface area contributed by atoms with Crippen molar-refractivity contribution in [3.05, 3.63) is 149 Å². The van der Waals surface area contributed by atoms with Crippen LogP contribution in [0.15, 0.2) is 144 Å². The summed E-state index contributed by atoms with van der Waals surface area (Å²) in [4.78, 5) is 60.1. The molecule has 3 fully saturated rings. The average molecular weight is 780 g/mol. The number of phenolic OH excluding ortho intramolecular Hbond substituents is 1. The van der Waals surface area contributed by atoms with Crippen LogP contribution >= 0.6 is 15.9 Å². The molecule has 6 atom stereocenters. The van der Waals surface area contributed by atoms with Crippen LogP contribution < -0.4 is 20.4 Å². The van der Waals surface area contributed by atoms with Crippen LogP contribution in [-0.4, -0.2) is 28.7 Å². The highest BCUT2D eigenvalue weighted by atomic mass is 79.9. The first-order valence-electron chi connectivity index (χ1n) is 18.0. The molecule has 10 heteroatoms. The molecule has 2 aliphatic heterocycles. The van der Waals surface area contributed by atoms with Gasteiger partial charge in [-0.05, 0) is 110 Å². The Morgan fingerprint density at radius 2 is 1.06 bits per heavy atom. The van der Waals surface area contributed by atoms with Crippen molar-refractivity contribution in [2.75, 3.05) is 20.4 Å². The summed E-state index contributed by atoms with van der Waals surface area (Å²) < 4.78 is 0.710. The number of rotatable bonds is 7. The number of nitrogens with one attached hydrogen (secondary N) is 2. The number of fused-ring (bicyclic) bond motifs is 4. The highest BCUT2D eigenvalue weighted by Crippen LogP contribution is 2.59. The third-order valence-corrected chi connectivity index (χ3v) is 11.8. The van der Waals surface area contributed by atoms with Gasteiger partial charge >= 0.3 is 0 Å². The number of carbonyl (C=O) groups is 4. The molecule has 4 aliphatic rings. The van der Waals surface area contributed by atoms with Gasteiger partial charge in [0.15, 0.2) is 0 Å². The van der Waals surface area contributed by atoms with Gasteiger partial charge in [-0.1, -0.05) is 64.0 Å². The molecule has 9 nitrogen and oxygen atoms in total. The molecule has 0 aromatic heterocycles. The maximum Gasteiger partial charge on any atom is 0.238 e. The van der Waals surface area contributed by atoms with Gasteiger partial charge in [0, 0.05) is 38.7 Å². The number of phenols is 1. The summed E-state index contributed by atoms with van der Waals surface area (Å²) in [5, 5.41) is 17.9. The smallest absolute Gasteiger partial charge is 0.238 e. The molecule has 5 aromatic rings. The predicted octanol–water partition coefficient (Wildman–Crippen LogP) is 8.69.